The third-order valence-electron chi connectivity index (χ3n) is 3.74. The van der Waals surface area contributed by atoms with Gasteiger partial charge in [-0.3, -0.25) is 0 Å². The van der Waals surface area contributed by atoms with Gasteiger partial charge in [0.15, 0.2) is 0 Å². The second-order valence-electron chi connectivity index (χ2n) is 5.21. The number of benzene rings is 1. The van der Waals surface area contributed by atoms with Crippen LogP contribution in [-0.4, -0.2) is 38.5 Å². The topological polar surface area (TPSA) is 46.6 Å². The quantitative estimate of drug-likeness (QED) is 0.838. The molecule has 0 amide bonds. The van der Waals surface area contributed by atoms with Gasteiger partial charge in [-0.1, -0.05) is 30.1 Å². The monoisotopic (exact) mass is 351 g/mol. The normalized spacial score (nSPS) is 20.7. The maximum atomic E-state index is 12.9. The molecule has 0 saturated carbocycles. The molecule has 7 heteroatoms. The number of nitrogens with zero attached hydrogens (tertiary/aromatic N) is 1. The average molecular weight is 352 g/mol. The molecule has 2 rings (SSSR count). The lowest BCUT2D eigenvalue weighted by Crippen LogP contribution is -2.45. The lowest BCUT2D eigenvalue weighted by molar-refractivity contribution is -0.00278. The zero-order chi connectivity index (χ0) is 15.8. The summed E-state index contributed by atoms with van der Waals surface area (Å²) in [5.41, 5.74) is 1.15. The second-order valence-corrected chi connectivity index (χ2v) is 7.87. The van der Waals surface area contributed by atoms with Gasteiger partial charge in [0.2, 0.25) is 10.0 Å². The SMILES string of the molecule is CCC1CN(S(=O)(=O)c2c(C)c(Cl)cc(C)c2Cl)CCO1. The lowest BCUT2D eigenvalue weighted by Gasteiger charge is -2.32. The van der Waals surface area contributed by atoms with Crippen molar-refractivity contribution in [2.24, 2.45) is 0 Å². The van der Waals surface area contributed by atoms with Crippen LogP contribution in [0.5, 0.6) is 0 Å². The third-order valence-corrected chi connectivity index (χ3v) is 6.77. The van der Waals surface area contributed by atoms with Crippen molar-refractivity contribution in [1.82, 2.24) is 4.31 Å². The van der Waals surface area contributed by atoms with Gasteiger partial charge in [-0.15, -0.1) is 0 Å². The lowest BCUT2D eigenvalue weighted by atomic mass is 10.2. The molecule has 1 fully saturated rings. The highest BCUT2D eigenvalue weighted by Crippen LogP contribution is 2.35. The number of halogens is 2. The Balaban J connectivity index is 2.50. The van der Waals surface area contributed by atoms with Crippen molar-refractivity contribution in [3.8, 4) is 0 Å². The molecule has 1 heterocycles. The molecule has 118 valence electrons. The standard InChI is InChI=1S/C14H19Cl2NO3S/c1-4-11-8-17(5-6-20-11)21(18,19)14-10(3)12(15)7-9(2)13(14)16/h7,11H,4-6,8H2,1-3H3. The summed E-state index contributed by atoms with van der Waals surface area (Å²) in [6, 6.07) is 1.69. The first-order valence-electron chi connectivity index (χ1n) is 6.86. The number of rotatable bonds is 3. The molecular formula is C14H19Cl2NO3S. The van der Waals surface area contributed by atoms with Crippen molar-refractivity contribution in [2.45, 2.75) is 38.2 Å². The van der Waals surface area contributed by atoms with Crippen LogP contribution in [0.4, 0.5) is 0 Å². The molecule has 0 radical (unpaired) electrons. The molecule has 4 nitrogen and oxygen atoms in total. The van der Waals surface area contributed by atoms with Gasteiger partial charge in [-0.25, -0.2) is 8.42 Å². The van der Waals surface area contributed by atoms with Crippen LogP contribution in [0.25, 0.3) is 0 Å². The van der Waals surface area contributed by atoms with Crippen LogP contribution in [0.2, 0.25) is 10.0 Å². The summed E-state index contributed by atoms with van der Waals surface area (Å²) >= 11 is 12.4. The fourth-order valence-corrected chi connectivity index (χ4v) is 5.03. The van der Waals surface area contributed by atoms with Crippen LogP contribution in [0.15, 0.2) is 11.0 Å². The average Bonchev–Trinajstić information content (AvgIpc) is 2.45. The Labute approximate surface area is 136 Å². The summed E-state index contributed by atoms with van der Waals surface area (Å²) in [7, 11) is -3.67. The van der Waals surface area contributed by atoms with E-state index in [0.29, 0.717) is 35.8 Å². The molecule has 1 atom stereocenters. The first-order chi connectivity index (χ1) is 9.78. The van der Waals surface area contributed by atoms with Crippen LogP contribution < -0.4 is 0 Å². The van der Waals surface area contributed by atoms with Crippen molar-refractivity contribution in [3.05, 3.63) is 27.2 Å². The summed E-state index contributed by atoms with van der Waals surface area (Å²) < 4.78 is 32.8. The van der Waals surface area contributed by atoms with Gasteiger partial charge in [0, 0.05) is 18.1 Å². The molecule has 1 aliphatic rings. The highest BCUT2D eigenvalue weighted by atomic mass is 35.5. The molecule has 1 aromatic carbocycles. The zero-order valence-corrected chi connectivity index (χ0v) is 14.6. The van der Waals surface area contributed by atoms with Crippen molar-refractivity contribution in [3.63, 3.8) is 0 Å². The minimum atomic E-state index is -3.67. The summed E-state index contributed by atoms with van der Waals surface area (Å²) in [5, 5.41) is 0.659. The maximum absolute atomic E-state index is 12.9. The van der Waals surface area contributed by atoms with E-state index in [1.165, 1.54) is 4.31 Å². The van der Waals surface area contributed by atoms with Crippen molar-refractivity contribution in [2.75, 3.05) is 19.7 Å². The molecule has 0 aromatic heterocycles. The fraction of sp³-hybridized carbons (Fsp3) is 0.571. The first kappa shape index (κ1) is 17.0. The summed E-state index contributed by atoms with van der Waals surface area (Å²) in [6.45, 7) is 6.48. The second kappa shape index (κ2) is 6.42. The Morgan fingerprint density at radius 3 is 2.67 bits per heavy atom. The maximum Gasteiger partial charge on any atom is 0.245 e. The summed E-state index contributed by atoms with van der Waals surface area (Å²) in [5.74, 6) is 0. The smallest absolute Gasteiger partial charge is 0.245 e. The molecule has 0 aliphatic carbocycles. The Morgan fingerprint density at radius 1 is 1.38 bits per heavy atom. The van der Waals surface area contributed by atoms with Crippen molar-refractivity contribution < 1.29 is 13.2 Å². The molecule has 1 aliphatic heterocycles. The molecule has 0 bridgehead atoms. The van der Waals surface area contributed by atoms with E-state index < -0.39 is 10.0 Å². The van der Waals surface area contributed by atoms with Crippen LogP contribution in [0.3, 0.4) is 0 Å². The van der Waals surface area contributed by atoms with Crippen LogP contribution in [0, 0.1) is 13.8 Å². The number of ether oxygens (including phenoxy) is 1. The minimum Gasteiger partial charge on any atom is -0.375 e. The molecule has 1 unspecified atom stereocenters. The van der Waals surface area contributed by atoms with Gasteiger partial charge >= 0.3 is 0 Å². The van der Waals surface area contributed by atoms with Gasteiger partial charge in [-0.2, -0.15) is 4.31 Å². The number of hydrogen-bond donors (Lipinski definition) is 0. The van der Waals surface area contributed by atoms with E-state index in [-0.39, 0.29) is 16.0 Å². The van der Waals surface area contributed by atoms with Crippen molar-refractivity contribution in [1.29, 1.82) is 0 Å². The predicted octanol–water partition coefficient (Wildman–Crippen LogP) is 3.41. The first-order valence-corrected chi connectivity index (χ1v) is 9.05. The van der Waals surface area contributed by atoms with E-state index in [1.807, 2.05) is 6.92 Å². The number of aryl methyl sites for hydroxylation is 1. The van der Waals surface area contributed by atoms with Crippen molar-refractivity contribution >= 4 is 33.2 Å². The minimum absolute atomic E-state index is 0.0760. The van der Waals surface area contributed by atoms with Gasteiger partial charge in [-0.05, 0) is 37.5 Å². The van der Waals surface area contributed by atoms with E-state index in [2.05, 4.69) is 0 Å². The number of sulfonamides is 1. The van der Waals surface area contributed by atoms with E-state index in [4.69, 9.17) is 27.9 Å². The van der Waals surface area contributed by atoms with Gasteiger partial charge < -0.3 is 4.74 Å². The Bertz CT molecular complexity index is 620. The molecule has 0 N–H and O–H groups in total. The molecule has 1 aromatic rings. The fourth-order valence-electron chi connectivity index (χ4n) is 2.41. The van der Waals surface area contributed by atoms with E-state index >= 15 is 0 Å². The highest BCUT2D eigenvalue weighted by Gasteiger charge is 2.33. The molecular weight excluding hydrogens is 333 g/mol. The zero-order valence-electron chi connectivity index (χ0n) is 12.3. The van der Waals surface area contributed by atoms with Crippen LogP contribution >= 0.6 is 23.2 Å². The third kappa shape index (κ3) is 3.22. The van der Waals surface area contributed by atoms with Gasteiger partial charge in [0.05, 0.1) is 17.7 Å². The van der Waals surface area contributed by atoms with E-state index in [9.17, 15) is 8.42 Å². The molecule has 21 heavy (non-hydrogen) atoms. The summed E-state index contributed by atoms with van der Waals surface area (Å²) in [6.07, 6.45) is 0.695. The molecule has 0 spiro atoms. The Kier molecular flexibility index (Phi) is 5.21. The number of morpholine rings is 1. The Hall–Kier alpha value is -0.330. The van der Waals surface area contributed by atoms with Crippen LogP contribution in [-0.2, 0) is 14.8 Å². The Morgan fingerprint density at radius 2 is 2.05 bits per heavy atom. The highest BCUT2D eigenvalue weighted by molar-refractivity contribution is 7.89. The van der Waals surface area contributed by atoms with Gasteiger partial charge in [0.1, 0.15) is 4.90 Å². The van der Waals surface area contributed by atoms with Crippen LogP contribution in [0.1, 0.15) is 24.5 Å². The largest absolute Gasteiger partial charge is 0.375 e. The summed E-state index contributed by atoms with van der Waals surface area (Å²) in [4.78, 5) is 0.117. The number of hydrogen-bond acceptors (Lipinski definition) is 3. The molecule has 1 saturated heterocycles. The van der Waals surface area contributed by atoms with Gasteiger partial charge in [0.25, 0.3) is 0 Å². The van der Waals surface area contributed by atoms with E-state index in [0.717, 1.165) is 6.42 Å². The van der Waals surface area contributed by atoms with E-state index in [1.54, 1.807) is 19.9 Å². The predicted molar refractivity (Wildman–Crippen MR) is 84.7 cm³/mol.